The van der Waals surface area contributed by atoms with E-state index in [4.69, 9.17) is 13.8 Å². The maximum absolute atomic E-state index is 11.7. The van der Waals surface area contributed by atoms with Crippen molar-refractivity contribution in [2.24, 2.45) is 0 Å². The van der Waals surface area contributed by atoms with Crippen molar-refractivity contribution in [1.29, 1.82) is 0 Å². The molecule has 0 amide bonds. The third-order valence-corrected chi connectivity index (χ3v) is 7.77. The summed E-state index contributed by atoms with van der Waals surface area (Å²) in [6.45, 7) is 9.37. The van der Waals surface area contributed by atoms with Crippen molar-refractivity contribution < 1.29 is 37.5 Å². The molecule has 0 N–H and O–H groups in total. The Labute approximate surface area is 246 Å². The maximum Gasteiger partial charge on any atom is 0.341 e. The summed E-state index contributed by atoms with van der Waals surface area (Å²) in [7, 11) is -3.31. The number of ether oxygens (including phenoxy) is 2. The van der Waals surface area contributed by atoms with Crippen molar-refractivity contribution in [3.05, 3.63) is 79.8 Å². The van der Waals surface area contributed by atoms with Crippen LogP contribution in [-0.4, -0.2) is 50.8 Å². The molecule has 0 unspecified atom stereocenters. The van der Waals surface area contributed by atoms with Crippen LogP contribution < -0.4 is 0 Å². The van der Waals surface area contributed by atoms with Gasteiger partial charge in [0, 0.05) is 18.8 Å². The lowest BCUT2D eigenvalue weighted by Gasteiger charge is -2.15. The van der Waals surface area contributed by atoms with Gasteiger partial charge >= 0.3 is 19.5 Å². The molecule has 37 heavy (non-hydrogen) atoms. The van der Waals surface area contributed by atoms with E-state index in [9.17, 15) is 18.9 Å². The molecule has 0 aliphatic carbocycles. The number of carbonyl (C=O) groups is 3. The molecule has 202 valence electrons. The molecule has 0 spiro atoms. The molecule has 0 aliphatic rings. The first-order chi connectivity index (χ1) is 17.7. The quantitative estimate of drug-likeness (QED) is 0.0631. The van der Waals surface area contributed by atoms with Crippen LogP contribution in [0.1, 0.15) is 36.7 Å². The normalized spacial score (nSPS) is 10.4. The van der Waals surface area contributed by atoms with Gasteiger partial charge in [0.05, 0.1) is 19.8 Å². The highest BCUT2D eigenvalue weighted by Crippen LogP contribution is 2.47. The molecule has 0 aromatic heterocycles. The molecule has 2 aromatic rings. The standard InChI is InChI=1S/C11H11IO2.C8H16O5P.C7H5IO/c1-2-14-11(13)8-7-9-5-3-4-6-10(9)12;1-4-11-8(9)7-14(10,12-5-2)13-6-3;8-7-4-2-1-3-6(7)5-9/h3-8H,2H2,1H3;1,4-7H2,2-3H3;1-5H/q;+1;/b8-7+;;. The van der Waals surface area contributed by atoms with Crippen molar-refractivity contribution in [3.63, 3.8) is 0 Å². The number of carbonyl (C=O) groups excluding carboxylic acids is 3. The summed E-state index contributed by atoms with van der Waals surface area (Å²) in [5, 5.41) is 0. The van der Waals surface area contributed by atoms with Gasteiger partial charge in [0.2, 0.25) is 6.61 Å². The van der Waals surface area contributed by atoms with E-state index < -0.39 is 13.6 Å². The van der Waals surface area contributed by atoms with Crippen LogP contribution in [0.25, 0.3) is 6.08 Å². The van der Waals surface area contributed by atoms with Crippen LogP contribution >= 0.6 is 52.8 Å². The zero-order chi connectivity index (χ0) is 28.1. The van der Waals surface area contributed by atoms with Gasteiger partial charge in [-0.3, -0.25) is 14.2 Å². The second kappa shape index (κ2) is 21.2. The molecule has 0 saturated carbocycles. The van der Waals surface area contributed by atoms with Gasteiger partial charge in [0.25, 0.3) is 0 Å². The number of aldehydes is 1. The van der Waals surface area contributed by atoms with Crippen molar-refractivity contribution >= 4 is 77.1 Å². The molecule has 11 heteroatoms. The Kier molecular flexibility index (Phi) is 20.2. The van der Waals surface area contributed by atoms with Crippen LogP contribution in [0.2, 0.25) is 0 Å². The highest BCUT2D eigenvalue weighted by atomic mass is 127. The van der Waals surface area contributed by atoms with Gasteiger partial charge in [0.15, 0.2) is 6.29 Å². The van der Waals surface area contributed by atoms with Gasteiger partial charge in [0.1, 0.15) is 13.1 Å². The van der Waals surface area contributed by atoms with E-state index in [1.807, 2.05) is 42.5 Å². The summed E-state index contributed by atoms with van der Waals surface area (Å²) in [5.41, 5.74) is 1.79. The SMILES string of the molecule is CCOC(=O)/C=C/c1ccccc1I.O=Cc1ccccc1I.[CH2+]COC(=O)CP(=O)(OCC)OCC. The molecule has 0 heterocycles. The Morgan fingerprint density at radius 2 is 1.38 bits per heavy atom. The van der Waals surface area contributed by atoms with E-state index in [2.05, 4.69) is 56.8 Å². The first kappa shape index (κ1) is 35.3. The van der Waals surface area contributed by atoms with Gasteiger partial charge < -0.3 is 18.5 Å². The van der Waals surface area contributed by atoms with Crippen LogP contribution in [0.4, 0.5) is 0 Å². The summed E-state index contributed by atoms with van der Waals surface area (Å²) < 4.78 is 33.0. The third kappa shape index (κ3) is 16.7. The minimum absolute atomic E-state index is 0.0110. The minimum atomic E-state index is -3.31. The van der Waals surface area contributed by atoms with Crippen molar-refractivity contribution in [2.45, 2.75) is 20.8 Å². The Bertz CT molecular complexity index is 1030. The van der Waals surface area contributed by atoms with Gasteiger partial charge in [-0.05, 0) is 89.7 Å². The second-order valence-electron chi connectivity index (χ2n) is 6.57. The summed E-state index contributed by atoms with van der Waals surface area (Å²) in [4.78, 5) is 32.3. The van der Waals surface area contributed by atoms with Crippen LogP contribution in [0.15, 0.2) is 54.6 Å². The predicted molar refractivity (Wildman–Crippen MR) is 161 cm³/mol. The van der Waals surface area contributed by atoms with E-state index in [0.717, 1.165) is 24.6 Å². The van der Waals surface area contributed by atoms with Gasteiger partial charge in [-0.15, -0.1) is 0 Å². The van der Waals surface area contributed by atoms with Gasteiger partial charge in [-0.2, -0.15) is 0 Å². The topological polar surface area (TPSA) is 105 Å². The van der Waals surface area contributed by atoms with Crippen LogP contribution in [0.3, 0.4) is 0 Å². The van der Waals surface area contributed by atoms with Gasteiger partial charge in [-0.1, -0.05) is 36.4 Å². The first-order valence-corrected chi connectivity index (χ1v) is 15.2. The molecular weight excluding hydrogens is 725 g/mol. The number of benzene rings is 2. The second-order valence-corrected chi connectivity index (χ2v) is 11.0. The Hall–Kier alpha value is -1.73. The van der Waals surface area contributed by atoms with Crippen LogP contribution in [-0.2, 0) is 32.7 Å². The average molecular weight is 757 g/mol. The van der Waals surface area contributed by atoms with E-state index in [0.29, 0.717) is 6.61 Å². The summed E-state index contributed by atoms with van der Waals surface area (Å²) in [5.74, 6) is -0.919. The smallest absolute Gasteiger partial charge is 0.341 e. The lowest BCUT2D eigenvalue weighted by Crippen LogP contribution is -2.13. The number of hydrogen-bond donors (Lipinski definition) is 0. The van der Waals surface area contributed by atoms with Gasteiger partial charge in [-0.25, -0.2) is 4.79 Å². The molecule has 0 radical (unpaired) electrons. The molecule has 0 bridgehead atoms. The van der Waals surface area contributed by atoms with Crippen molar-refractivity contribution in [1.82, 2.24) is 0 Å². The fourth-order valence-electron chi connectivity index (χ4n) is 2.37. The molecule has 0 fully saturated rings. The molecular formula is C26H32I2O8P+. The highest BCUT2D eigenvalue weighted by Gasteiger charge is 2.28. The van der Waals surface area contributed by atoms with Crippen LogP contribution in [0.5, 0.6) is 0 Å². The summed E-state index contributed by atoms with van der Waals surface area (Å²) in [6.07, 6.45) is 3.72. The molecule has 0 saturated heterocycles. The summed E-state index contributed by atoms with van der Waals surface area (Å²) in [6, 6.07) is 15.3. The summed E-state index contributed by atoms with van der Waals surface area (Å²) >= 11 is 4.35. The number of esters is 2. The van der Waals surface area contributed by atoms with E-state index in [-0.39, 0.29) is 32.0 Å². The predicted octanol–water partition coefficient (Wildman–Crippen LogP) is 6.60. The zero-order valence-corrected chi connectivity index (χ0v) is 26.3. The lowest BCUT2D eigenvalue weighted by atomic mass is 10.2. The maximum atomic E-state index is 11.7. The first-order valence-electron chi connectivity index (χ1n) is 11.3. The number of hydrogen-bond acceptors (Lipinski definition) is 8. The molecule has 0 aliphatic heterocycles. The fourth-order valence-corrected chi connectivity index (χ4v) is 4.90. The zero-order valence-electron chi connectivity index (χ0n) is 21.1. The molecule has 2 aromatic carbocycles. The van der Waals surface area contributed by atoms with E-state index in [1.165, 1.54) is 6.08 Å². The monoisotopic (exact) mass is 757 g/mol. The van der Waals surface area contributed by atoms with Crippen LogP contribution in [0, 0.1) is 14.1 Å². The van der Waals surface area contributed by atoms with E-state index in [1.54, 1.807) is 32.9 Å². The number of rotatable bonds is 11. The largest absolute Gasteiger partial charge is 0.463 e. The Morgan fingerprint density at radius 3 is 1.78 bits per heavy atom. The lowest BCUT2D eigenvalue weighted by molar-refractivity contribution is -0.140. The minimum Gasteiger partial charge on any atom is -0.463 e. The third-order valence-electron chi connectivity index (χ3n) is 3.86. The number of halogens is 2. The molecule has 2 rings (SSSR count). The van der Waals surface area contributed by atoms with E-state index >= 15 is 0 Å². The molecule has 0 atom stereocenters. The fraction of sp³-hybridized carbons (Fsp3) is 0.308. The Morgan fingerprint density at radius 1 is 0.865 bits per heavy atom. The average Bonchev–Trinajstić information content (AvgIpc) is 2.85. The molecule has 8 nitrogen and oxygen atoms in total. The highest BCUT2D eigenvalue weighted by molar-refractivity contribution is 14.1. The Balaban J connectivity index is 0.000000538. The van der Waals surface area contributed by atoms with Crippen molar-refractivity contribution in [3.8, 4) is 0 Å². The van der Waals surface area contributed by atoms with Crippen molar-refractivity contribution in [2.75, 3.05) is 32.6 Å².